The highest BCUT2D eigenvalue weighted by atomic mass is 35.5. The maximum Gasteiger partial charge on any atom is 0.422 e. The Morgan fingerprint density at radius 2 is 1.97 bits per heavy atom. The van der Waals surface area contributed by atoms with Crippen LogP contribution in [-0.4, -0.2) is 40.4 Å². The third kappa shape index (κ3) is 6.00. The van der Waals surface area contributed by atoms with E-state index in [1.165, 1.54) is 12.1 Å². The average molecular weight is 481 g/mol. The van der Waals surface area contributed by atoms with E-state index < -0.39 is 30.3 Å². The van der Waals surface area contributed by atoms with Crippen LogP contribution in [0.5, 0.6) is 5.88 Å². The number of carbonyl (C=O) groups is 1. The summed E-state index contributed by atoms with van der Waals surface area (Å²) in [6.07, 6.45) is -1.65. The van der Waals surface area contributed by atoms with Gasteiger partial charge in [-0.05, 0) is 36.6 Å². The van der Waals surface area contributed by atoms with E-state index in [2.05, 4.69) is 15.0 Å². The quantitative estimate of drug-likeness (QED) is 0.672. The van der Waals surface area contributed by atoms with Gasteiger partial charge in [0.25, 0.3) is 5.91 Å². The molecule has 0 spiro atoms. The number of nitrogens with one attached hydrogen (secondary N) is 1. The molecule has 0 aliphatic heterocycles. The van der Waals surface area contributed by atoms with Gasteiger partial charge in [-0.1, -0.05) is 42.1 Å². The highest BCUT2D eigenvalue weighted by molar-refractivity contribution is 6.42. The van der Waals surface area contributed by atoms with Crippen LogP contribution < -0.4 is 10.1 Å². The molecule has 1 amide bonds. The first-order valence-corrected chi connectivity index (χ1v) is 9.98. The summed E-state index contributed by atoms with van der Waals surface area (Å²) in [4.78, 5) is 16.6. The van der Waals surface area contributed by atoms with Crippen LogP contribution in [0.4, 0.5) is 13.2 Å². The molecule has 1 fully saturated rings. The van der Waals surface area contributed by atoms with E-state index in [9.17, 15) is 23.1 Å². The average Bonchev–Trinajstić information content (AvgIpc) is 2.70. The maximum absolute atomic E-state index is 12.9. The van der Waals surface area contributed by atoms with Gasteiger partial charge >= 0.3 is 6.18 Å². The molecule has 11 heteroatoms. The van der Waals surface area contributed by atoms with Crippen LogP contribution in [0.3, 0.4) is 0 Å². The smallest absolute Gasteiger partial charge is 0.422 e. The maximum atomic E-state index is 12.9. The second-order valence-corrected chi connectivity index (χ2v) is 7.92. The van der Waals surface area contributed by atoms with Crippen LogP contribution in [0.25, 0.3) is 0 Å². The molecule has 1 aliphatic rings. The van der Waals surface area contributed by atoms with Gasteiger partial charge < -0.3 is 20.6 Å². The predicted octanol–water partition coefficient (Wildman–Crippen LogP) is 4.07. The molecule has 0 bridgehead atoms. The van der Waals surface area contributed by atoms with Crippen LogP contribution in [0.15, 0.2) is 36.5 Å². The van der Waals surface area contributed by atoms with Crippen molar-refractivity contribution in [3.63, 3.8) is 0 Å². The van der Waals surface area contributed by atoms with E-state index in [0.717, 1.165) is 19.0 Å². The largest absolute Gasteiger partial charge is 0.468 e. The number of aromatic nitrogens is 1. The Morgan fingerprint density at radius 3 is 2.55 bits per heavy atom. The molecule has 0 radical (unpaired) electrons. The van der Waals surface area contributed by atoms with E-state index in [-0.39, 0.29) is 16.9 Å². The van der Waals surface area contributed by atoms with Crippen molar-refractivity contribution in [2.24, 2.45) is 0 Å². The minimum absolute atomic E-state index is 0. The Hall–Kier alpha value is -2.07. The van der Waals surface area contributed by atoms with E-state index in [4.69, 9.17) is 23.2 Å². The standard InChI is InChI=1S/C20H19Cl2F3N2O3.H2O/c21-14-6-5-13(9-15(14)22)19(8-2-1-3-16(19)28)27-18(29)12-4-7-17(26-10-12)30-11-20(23,24)25;/h4-7,9-10,16,28H,1-3,8,11H2,(H,27,29);1H2/t16-,19-;/m1./s1. The lowest BCUT2D eigenvalue weighted by atomic mass is 9.74. The number of pyridine rings is 1. The molecule has 31 heavy (non-hydrogen) atoms. The Labute approximate surface area is 186 Å². The van der Waals surface area contributed by atoms with Gasteiger partial charge in [-0.25, -0.2) is 4.98 Å². The topological polar surface area (TPSA) is 103 Å². The fraction of sp³-hybridized carbons (Fsp3) is 0.400. The number of hydrogen-bond donors (Lipinski definition) is 2. The van der Waals surface area contributed by atoms with E-state index in [0.29, 0.717) is 28.5 Å². The third-order valence-electron chi connectivity index (χ3n) is 5.02. The molecule has 170 valence electrons. The number of ether oxygens (including phenoxy) is 1. The van der Waals surface area contributed by atoms with Gasteiger partial charge in [0.15, 0.2) is 6.61 Å². The van der Waals surface area contributed by atoms with Crippen LogP contribution in [0.1, 0.15) is 41.6 Å². The van der Waals surface area contributed by atoms with Crippen molar-refractivity contribution in [3.8, 4) is 5.88 Å². The molecule has 3 rings (SSSR count). The minimum atomic E-state index is -4.49. The molecule has 1 aliphatic carbocycles. The molecule has 0 unspecified atom stereocenters. The van der Waals surface area contributed by atoms with Crippen molar-refractivity contribution >= 4 is 29.1 Å². The van der Waals surface area contributed by atoms with Gasteiger partial charge in [-0.3, -0.25) is 4.79 Å². The van der Waals surface area contributed by atoms with Crippen molar-refractivity contribution < 1.29 is 33.3 Å². The summed E-state index contributed by atoms with van der Waals surface area (Å²) in [5.41, 5.74) is -0.336. The summed E-state index contributed by atoms with van der Waals surface area (Å²) < 4.78 is 41.3. The molecular weight excluding hydrogens is 460 g/mol. The molecule has 1 aromatic heterocycles. The Morgan fingerprint density at radius 1 is 1.23 bits per heavy atom. The molecule has 1 heterocycles. The third-order valence-corrected chi connectivity index (χ3v) is 5.76. The summed E-state index contributed by atoms with van der Waals surface area (Å²) in [6.45, 7) is -1.47. The lowest BCUT2D eigenvalue weighted by molar-refractivity contribution is -0.154. The Bertz CT molecular complexity index is 912. The summed E-state index contributed by atoms with van der Waals surface area (Å²) >= 11 is 12.1. The van der Waals surface area contributed by atoms with Crippen LogP contribution in [-0.2, 0) is 5.54 Å². The van der Waals surface area contributed by atoms with Crippen molar-refractivity contribution in [1.82, 2.24) is 10.3 Å². The lowest BCUT2D eigenvalue weighted by Crippen LogP contribution is -2.55. The molecule has 4 N–H and O–H groups in total. The van der Waals surface area contributed by atoms with Gasteiger partial charge in [-0.15, -0.1) is 0 Å². The van der Waals surface area contributed by atoms with Crippen LogP contribution in [0.2, 0.25) is 10.0 Å². The van der Waals surface area contributed by atoms with Gasteiger partial charge in [-0.2, -0.15) is 13.2 Å². The van der Waals surface area contributed by atoms with Crippen molar-refractivity contribution in [3.05, 3.63) is 57.7 Å². The number of nitrogens with zero attached hydrogens (tertiary/aromatic N) is 1. The highest BCUT2D eigenvalue weighted by Gasteiger charge is 2.43. The van der Waals surface area contributed by atoms with Gasteiger partial charge in [0.1, 0.15) is 0 Å². The van der Waals surface area contributed by atoms with Crippen molar-refractivity contribution in [2.75, 3.05) is 6.61 Å². The van der Waals surface area contributed by atoms with Crippen LogP contribution in [0, 0.1) is 0 Å². The fourth-order valence-electron chi connectivity index (χ4n) is 3.51. The summed E-state index contributed by atoms with van der Waals surface area (Å²) in [5.74, 6) is -0.780. The molecule has 6 nitrogen and oxygen atoms in total. The zero-order valence-corrected chi connectivity index (χ0v) is 17.7. The number of carbonyl (C=O) groups excluding carboxylic acids is 1. The van der Waals surface area contributed by atoms with Gasteiger partial charge in [0.2, 0.25) is 5.88 Å². The molecular formula is C20H21Cl2F3N2O4. The fourth-order valence-corrected chi connectivity index (χ4v) is 3.81. The SMILES string of the molecule is O.O=C(N[C@@]1(c2ccc(Cl)c(Cl)c2)CCCC[C@H]1O)c1ccc(OCC(F)(F)F)nc1. The van der Waals surface area contributed by atoms with E-state index in [1.807, 2.05) is 0 Å². The van der Waals surface area contributed by atoms with Crippen molar-refractivity contribution in [2.45, 2.75) is 43.5 Å². The Kier molecular flexibility index (Phi) is 8.15. The Balaban J connectivity index is 0.00000341. The monoisotopic (exact) mass is 480 g/mol. The van der Waals surface area contributed by atoms with Gasteiger partial charge in [0.05, 0.1) is 27.3 Å². The van der Waals surface area contributed by atoms with E-state index in [1.54, 1.807) is 18.2 Å². The lowest BCUT2D eigenvalue weighted by Gasteiger charge is -2.42. The summed E-state index contributed by atoms with van der Waals surface area (Å²) in [5, 5.41) is 14.3. The first-order valence-electron chi connectivity index (χ1n) is 9.22. The minimum Gasteiger partial charge on any atom is -0.468 e. The number of alkyl halides is 3. The second-order valence-electron chi connectivity index (χ2n) is 7.10. The molecule has 1 saturated carbocycles. The number of aliphatic hydroxyl groups is 1. The molecule has 2 atom stereocenters. The van der Waals surface area contributed by atoms with Crippen LogP contribution >= 0.6 is 23.2 Å². The first-order chi connectivity index (χ1) is 14.1. The molecule has 0 saturated heterocycles. The number of halogens is 5. The zero-order chi connectivity index (χ0) is 21.9. The normalized spacial score (nSPS) is 21.2. The second kappa shape index (κ2) is 10.0. The molecule has 2 aromatic rings. The summed E-state index contributed by atoms with van der Waals surface area (Å²) in [7, 11) is 0. The van der Waals surface area contributed by atoms with E-state index >= 15 is 0 Å². The number of aliphatic hydroxyl groups excluding tert-OH is 1. The number of amides is 1. The zero-order valence-electron chi connectivity index (χ0n) is 16.2. The van der Waals surface area contributed by atoms with Crippen molar-refractivity contribution in [1.29, 1.82) is 0 Å². The number of benzene rings is 1. The number of rotatable bonds is 5. The summed E-state index contributed by atoms with van der Waals surface area (Å²) in [6, 6.07) is 7.42. The predicted molar refractivity (Wildman–Crippen MR) is 109 cm³/mol. The molecule has 1 aromatic carbocycles. The first kappa shape index (κ1) is 25.2. The van der Waals surface area contributed by atoms with Gasteiger partial charge in [0, 0.05) is 12.3 Å². The number of hydrogen-bond acceptors (Lipinski definition) is 4. The highest BCUT2D eigenvalue weighted by Crippen LogP contribution is 2.39.